The molecule has 0 amide bonds. The van der Waals surface area contributed by atoms with Crippen LogP contribution in [-0.4, -0.2) is 6.17 Å². The fourth-order valence-corrected chi connectivity index (χ4v) is 7.39. The molecule has 0 saturated heterocycles. The van der Waals surface area contributed by atoms with Crippen molar-refractivity contribution in [2.45, 2.75) is 130 Å². The Morgan fingerprint density at radius 1 is 0.793 bits per heavy atom. The highest BCUT2D eigenvalue weighted by molar-refractivity contribution is 4.87. The third-order valence-corrected chi connectivity index (χ3v) is 9.80. The second-order valence-corrected chi connectivity index (χ2v) is 11.9. The summed E-state index contributed by atoms with van der Waals surface area (Å²) in [7, 11) is 0. The molecule has 0 aliphatic heterocycles. The largest absolute Gasteiger partial charge is 0.247 e. The molecule has 0 heterocycles. The summed E-state index contributed by atoms with van der Waals surface area (Å²) in [6.07, 6.45) is 20.5. The van der Waals surface area contributed by atoms with Crippen molar-refractivity contribution in [3.63, 3.8) is 0 Å². The van der Waals surface area contributed by atoms with E-state index in [9.17, 15) is 4.39 Å². The second kappa shape index (κ2) is 11.5. The fraction of sp³-hybridized carbons (Fsp3) is 1.00. The van der Waals surface area contributed by atoms with Crippen molar-refractivity contribution in [1.29, 1.82) is 0 Å². The zero-order chi connectivity index (χ0) is 20.8. The number of hydrogen-bond donors (Lipinski definition) is 0. The Bertz CT molecular complexity index is 431. The molecule has 5 atom stereocenters. The van der Waals surface area contributed by atoms with E-state index >= 15 is 0 Å². The van der Waals surface area contributed by atoms with E-state index in [1.54, 1.807) is 0 Å². The van der Waals surface area contributed by atoms with Crippen LogP contribution in [0.4, 0.5) is 4.39 Å². The third-order valence-electron chi connectivity index (χ3n) is 9.80. The molecule has 0 N–H and O–H groups in total. The van der Waals surface area contributed by atoms with Gasteiger partial charge in [0.2, 0.25) is 0 Å². The molecule has 5 unspecified atom stereocenters. The molecule has 0 aromatic rings. The number of rotatable bonds is 8. The van der Waals surface area contributed by atoms with Crippen molar-refractivity contribution in [3.8, 4) is 0 Å². The molecule has 3 rings (SSSR count). The van der Waals surface area contributed by atoms with Crippen LogP contribution in [0.25, 0.3) is 0 Å². The van der Waals surface area contributed by atoms with Crippen LogP contribution in [0, 0.1) is 47.3 Å². The first kappa shape index (κ1) is 23.6. The van der Waals surface area contributed by atoms with E-state index in [0.29, 0.717) is 11.8 Å². The average molecular weight is 407 g/mol. The van der Waals surface area contributed by atoms with Gasteiger partial charge in [-0.25, -0.2) is 4.39 Å². The molecule has 0 aromatic heterocycles. The van der Waals surface area contributed by atoms with E-state index in [1.807, 2.05) is 0 Å². The second-order valence-electron chi connectivity index (χ2n) is 11.9. The van der Waals surface area contributed by atoms with Gasteiger partial charge in [0, 0.05) is 0 Å². The van der Waals surface area contributed by atoms with Gasteiger partial charge in [0.15, 0.2) is 0 Å². The van der Waals surface area contributed by atoms with Crippen molar-refractivity contribution >= 4 is 0 Å². The Morgan fingerprint density at radius 2 is 1.48 bits per heavy atom. The molecule has 170 valence electrons. The van der Waals surface area contributed by atoms with Crippen molar-refractivity contribution < 1.29 is 4.39 Å². The molecule has 3 fully saturated rings. The van der Waals surface area contributed by atoms with Crippen molar-refractivity contribution in [1.82, 2.24) is 0 Å². The lowest BCUT2D eigenvalue weighted by Gasteiger charge is -2.41. The fourth-order valence-electron chi connectivity index (χ4n) is 7.39. The Balaban J connectivity index is 1.36. The minimum atomic E-state index is -0.542. The smallest absolute Gasteiger partial charge is 0.103 e. The zero-order valence-corrected chi connectivity index (χ0v) is 20.2. The van der Waals surface area contributed by atoms with Crippen LogP contribution in [0.15, 0.2) is 0 Å². The molecule has 0 radical (unpaired) electrons. The van der Waals surface area contributed by atoms with E-state index in [2.05, 4.69) is 27.7 Å². The molecule has 0 aromatic carbocycles. The molecular weight excluding hydrogens is 355 g/mol. The maximum absolute atomic E-state index is 14.4. The number of halogens is 1. The zero-order valence-electron chi connectivity index (χ0n) is 20.2. The van der Waals surface area contributed by atoms with Gasteiger partial charge in [-0.2, -0.15) is 0 Å². The van der Waals surface area contributed by atoms with E-state index in [0.717, 1.165) is 36.0 Å². The third kappa shape index (κ3) is 6.70. The van der Waals surface area contributed by atoms with Crippen LogP contribution in [0.2, 0.25) is 0 Å². The minimum absolute atomic E-state index is 0.283. The van der Waals surface area contributed by atoms with Gasteiger partial charge < -0.3 is 0 Å². The molecular formula is C28H51F. The summed E-state index contributed by atoms with van der Waals surface area (Å²) in [6.45, 7) is 9.25. The Hall–Kier alpha value is -0.0700. The van der Waals surface area contributed by atoms with Gasteiger partial charge in [-0.05, 0) is 85.9 Å². The lowest BCUT2D eigenvalue weighted by Crippen LogP contribution is -2.35. The van der Waals surface area contributed by atoms with E-state index in [4.69, 9.17) is 0 Å². The highest BCUT2D eigenvalue weighted by atomic mass is 19.1. The van der Waals surface area contributed by atoms with Crippen LogP contribution in [-0.2, 0) is 0 Å². The molecule has 0 nitrogen and oxygen atoms in total. The summed E-state index contributed by atoms with van der Waals surface area (Å²) in [6, 6.07) is 0. The summed E-state index contributed by atoms with van der Waals surface area (Å²) >= 11 is 0. The average Bonchev–Trinajstić information content (AvgIpc) is 2.72. The predicted octanol–water partition coefficient (Wildman–Crippen LogP) is 9.23. The Morgan fingerprint density at radius 3 is 2.10 bits per heavy atom. The van der Waals surface area contributed by atoms with E-state index < -0.39 is 6.17 Å². The van der Waals surface area contributed by atoms with Crippen LogP contribution in [0.1, 0.15) is 124 Å². The number of hydrogen-bond acceptors (Lipinski definition) is 0. The van der Waals surface area contributed by atoms with Crippen molar-refractivity contribution in [2.75, 3.05) is 0 Å². The number of alkyl halides is 1. The summed E-state index contributed by atoms with van der Waals surface area (Å²) in [4.78, 5) is 0. The normalized spacial score (nSPS) is 42.5. The van der Waals surface area contributed by atoms with Gasteiger partial charge >= 0.3 is 0 Å². The van der Waals surface area contributed by atoms with Gasteiger partial charge in [-0.3, -0.25) is 0 Å². The van der Waals surface area contributed by atoms with Gasteiger partial charge in [-0.15, -0.1) is 0 Å². The minimum Gasteiger partial charge on any atom is -0.247 e. The molecule has 0 spiro atoms. The van der Waals surface area contributed by atoms with Crippen molar-refractivity contribution in [2.24, 2.45) is 47.3 Å². The predicted molar refractivity (Wildman–Crippen MR) is 125 cm³/mol. The maximum atomic E-state index is 14.4. The quantitative estimate of drug-likeness (QED) is 0.377. The molecule has 29 heavy (non-hydrogen) atoms. The summed E-state index contributed by atoms with van der Waals surface area (Å²) < 4.78 is 14.4. The highest BCUT2D eigenvalue weighted by Gasteiger charge is 2.37. The van der Waals surface area contributed by atoms with Gasteiger partial charge in [0.05, 0.1) is 0 Å². The van der Waals surface area contributed by atoms with Gasteiger partial charge in [-0.1, -0.05) is 85.5 Å². The van der Waals surface area contributed by atoms with Gasteiger partial charge in [0.25, 0.3) is 0 Å². The van der Waals surface area contributed by atoms with Crippen molar-refractivity contribution in [3.05, 3.63) is 0 Å². The first-order valence-electron chi connectivity index (χ1n) is 13.6. The van der Waals surface area contributed by atoms with Crippen LogP contribution in [0.5, 0.6) is 0 Å². The molecule has 3 saturated carbocycles. The lowest BCUT2D eigenvalue weighted by atomic mass is 9.65. The molecule has 1 heteroatoms. The molecule has 3 aliphatic carbocycles. The topological polar surface area (TPSA) is 0 Å². The first-order chi connectivity index (χ1) is 14.0. The summed E-state index contributed by atoms with van der Waals surface area (Å²) in [5.74, 6) is 6.37. The molecule has 3 aliphatic rings. The summed E-state index contributed by atoms with van der Waals surface area (Å²) in [5, 5.41) is 0. The Labute approximate surface area is 182 Å². The lowest BCUT2D eigenvalue weighted by molar-refractivity contribution is 0.0475. The van der Waals surface area contributed by atoms with E-state index in [1.165, 1.54) is 89.9 Å². The van der Waals surface area contributed by atoms with E-state index in [-0.39, 0.29) is 5.92 Å². The Kier molecular flexibility index (Phi) is 9.37. The van der Waals surface area contributed by atoms with Crippen LogP contribution in [0.3, 0.4) is 0 Å². The van der Waals surface area contributed by atoms with Gasteiger partial charge in [0.1, 0.15) is 6.17 Å². The SMILES string of the molecule is CCCC(CCCC1CCC(C2CC(C)C(C)C(F)C2)CC1)C1CCC(C)CC1. The van der Waals surface area contributed by atoms with Crippen LogP contribution < -0.4 is 0 Å². The maximum Gasteiger partial charge on any atom is 0.103 e. The molecule has 0 bridgehead atoms. The standard InChI is InChI=1S/C28H51F/c1-5-7-24(25-14-10-20(2)11-15-25)9-6-8-23-12-16-26(17-13-23)27-18-21(3)22(4)28(29)19-27/h20-28H,5-19H2,1-4H3. The first-order valence-corrected chi connectivity index (χ1v) is 13.6. The monoisotopic (exact) mass is 406 g/mol. The summed E-state index contributed by atoms with van der Waals surface area (Å²) in [5.41, 5.74) is 0. The van der Waals surface area contributed by atoms with Crippen LogP contribution >= 0.6 is 0 Å². The highest BCUT2D eigenvalue weighted by Crippen LogP contribution is 2.45.